The Balaban J connectivity index is 1.27. The van der Waals surface area contributed by atoms with Crippen molar-refractivity contribution < 1.29 is 24.2 Å². The van der Waals surface area contributed by atoms with Crippen LogP contribution in [-0.2, 0) is 14.3 Å². The van der Waals surface area contributed by atoms with Gasteiger partial charge in [0.2, 0.25) is 0 Å². The van der Waals surface area contributed by atoms with Crippen LogP contribution in [0.1, 0.15) is 71.6 Å². The Bertz CT molecular complexity index is 944. The van der Waals surface area contributed by atoms with Crippen LogP contribution in [0.3, 0.4) is 0 Å². The van der Waals surface area contributed by atoms with Crippen molar-refractivity contribution in [3.63, 3.8) is 0 Å². The first-order valence-corrected chi connectivity index (χ1v) is 14.5. The molecule has 1 amide bonds. The number of hydrogen-bond acceptors (Lipinski definition) is 6. The highest BCUT2D eigenvalue weighted by Crippen LogP contribution is 2.69. The van der Waals surface area contributed by atoms with E-state index in [4.69, 9.17) is 9.47 Å². The molecule has 0 spiro atoms. The number of nitrogens with one attached hydrogen (secondary N) is 1. The predicted molar refractivity (Wildman–Crippen MR) is 142 cm³/mol. The number of amides is 1. The Morgan fingerprint density at radius 1 is 1.00 bits per heavy atom. The number of allylic oxidation sites excluding steroid dienone is 2. The zero-order valence-electron chi connectivity index (χ0n) is 23.0. The smallest absolute Gasteiger partial charge is 0.410 e. The van der Waals surface area contributed by atoms with Gasteiger partial charge in [0, 0.05) is 37.7 Å². The van der Waals surface area contributed by atoms with Gasteiger partial charge in [0.1, 0.15) is 6.10 Å². The number of rotatable bonds is 4. The van der Waals surface area contributed by atoms with Gasteiger partial charge in [-0.2, -0.15) is 0 Å². The zero-order valence-corrected chi connectivity index (χ0v) is 23.0. The highest BCUT2D eigenvalue weighted by Gasteiger charge is 2.67. The van der Waals surface area contributed by atoms with Gasteiger partial charge in [-0.25, -0.2) is 9.59 Å². The molecule has 4 aliphatic carbocycles. The fourth-order valence-electron chi connectivity index (χ4n) is 9.31. The van der Waals surface area contributed by atoms with E-state index in [0.29, 0.717) is 11.8 Å². The highest BCUT2D eigenvalue weighted by atomic mass is 16.6. The summed E-state index contributed by atoms with van der Waals surface area (Å²) in [5.74, 6) is 1.11. The number of hydrogen-bond donors (Lipinski definition) is 2. The first-order chi connectivity index (χ1) is 17.6. The lowest BCUT2D eigenvalue weighted by molar-refractivity contribution is -0.208. The van der Waals surface area contributed by atoms with Gasteiger partial charge < -0.3 is 24.8 Å². The van der Waals surface area contributed by atoms with Crippen LogP contribution < -0.4 is 5.32 Å². The molecule has 0 unspecified atom stereocenters. The standard InChI is InChI=1S/C30H46N2O5/c1-20(5-8-26(33)36-4)23-11-14-30(35)25-7-6-21-19-22(37-27(34)32-17-15-31-16-18-32)9-12-28(21,2)24(25)10-13-29(23,30)3/h5,8,21-25,31,35H,1,6-7,9-19H2,2-4H3/b8-5-/t21-,22+,23-,24+,25-,28+,29-,30+/m1/s1. The molecule has 7 heteroatoms. The molecule has 1 saturated heterocycles. The molecule has 1 aliphatic heterocycles. The van der Waals surface area contributed by atoms with Crippen LogP contribution in [0.5, 0.6) is 0 Å². The Morgan fingerprint density at radius 2 is 1.76 bits per heavy atom. The quantitative estimate of drug-likeness (QED) is 0.327. The fourth-order valence-corrected chi connectivity index (χ4v) is 9.31. The molecule has 37 heavy (non-hydrogen) atoms. The summed E-state index contributed by atoms with van der Waals surface area (Å²) < 4.78 is 10.8. The maximum absolute atomic E-state index is 12.7. The first kappa shape index (κ1) is 26.7. The van der Waals surface area contributed by atoms with E-state index in [0.717, 1.165) is 89.5 Å². The van der Waals surface area contributed by atoms with Crippen molar-refractivity contribution >= 4 is 12.1 Å². The minimum absolute atomic E-state index is 0.00902. The largest absolute Gasteiger partial charge is 0.466 e. The van der Waals surface area contributed by atoms with Crippen LogP contribution in [0.2, 0.25) is 0 Å². The molecule has 5 aliphatic rings. The first-order valence-electron chi connectivity index (χ1n) is 14.5. The van der Waals surface area contributed by atoms with Gasteiger partial charge in [0.25, 0.3) is 0 Å². The van der Waals surface area contributed by atoms with Crippen molar-refractivity contribution in [1.82, 2.24) is 10.2 Å². The van der Waals surface area contributed by atoms with E-state index in [1.165, 1.54) is 13.2 Å². The molecule has 0 aromatic rings. The molecule has 8 atom stereocenters. The van der Waals surface area contributed by atoms with Gasteiger partial charge >= 0.3 is 12.1 Å². The lowest BCUT2D eigenvalue weighted by Crippen LogP contribution is -2.62. The predicted octanol–water partition coefficient (Wildman–Crippen LogP) is 4.46. The van der Waals surface area contributed by atoms with E-state index in [9.17, 15) is 14.7 Å². The molecule has 5 rings (SSSR count). The maximum Gasteiger partial charge on any atom is 0.410 e. The van der Waals surface area contributed by atoms with Gasteiger partial charge in [-0.05, 0) is 86.9 Å². The van der Waals surface area contributed by atoms with Crippen LogP contribution in [0.4, 0.5) is 4.79 Å². The lowest BCUT2D eigenvalue weighted by Gasteiger charge is -2.63. The van der Waals surface area contributed by atoms with Crippen molar-refractivity contribution in [2.75, 3.05) is 33.3 Å². The molecular weight excluding hydrogens is 468 g/mol. The number of ether oxygens (including phenoxy) is 2. The van der Waals surface area contributed by atoms with Crippen LogP contribution in [0.25, 0.3) is 0 Å². The Kier molecular flexibility index (Phi) is 7.25. The van der Waals surface area contributed by atoms with E-state index in [1.54, 1.807) is 6.08 Å². The van der Waals surface area contributed by atoms with Gasteiger partial charge in [-0.1, -0.05) is 32.1 Å². The molecule has 1 heterocycles. The van der Waals surface area contributed by atoms with Crippen molar-refractivity contribution in [3.8, 4) is 0 Å². The number of nitrogens with zero attached hydrogens (tertiary/aromatic N) is 1. The van der Waals surface area contributed by atoms with Gasteiger partial charge in [-0.3, -0.25) is 0 Å². The summed E-state index contributed by atoms with van der Waals surface area (Å²) >= 11 is 0. The molecule has 5 fully saturated rings. The number of esters is 1. The Hall–Kier alpha value is -1.86. The van der Waals surface area contributed by atoms with E-state index < -0.39 is 5.60 Å². The summed E-state index contributed by atoms with van der Waals surface area (Å²) in [5.41, 5.74) is 0.166. The van der Waals surface area contributed by atoms with E-state index in [2.05, 4.69) is 25.7 Å². The van der Waals surface area contributed by atoms with E-state index >= 15 is 0 Å². The highest BCUT2D eigenvalue weighted by molar-refractivity contribution is 5.82. The van der Waals surface area contributed by atoms with Crippen molar-refractivity contribution in [1.29, 1.82) is 0 Å². The summed E-state index contributed by atoms with van der Waals surface area (Å²) in [6.45, 7) is 12.1. The summed E-state index contributed by atoms with van der Waals surface area (Å²) in [6.07, 6.45) is 12.0. The third kappa shape index (κ3) is 4.44. The lowest BCUT2D eigenvalue weighted by atomic mass is 9.43. The van der Waals surface area contributed by atoms with Crippen molar-refractivity contribution in [2.24, 2.45) is 34.5 Å². The minimum Gasteiger partial charge on any atom is -0.466 e. The molecule has 0 radical (unpaired) electrons. The Labute approximate surface area is 222 Å². The number of piperazine rings is 1. The van der Waals surface area contributed by atoms with Gasteiger partial charge in [0.05, 0.1) is 12.7 Å². The molecule has 2 N–H and O–H groups in total. The minimum atomic E-state index is -0.706. The molecule has 0 bridgehead atoms. The summed E-state index contributed by atoms with van der Waals surface area (Å²) in [7, 11) is 1.38. The maximum atomic E-state index is 12.7. The summed E-state index contributed by atoms with van der Waals surface area (Å²) in [4.78, 5) is 26.2. The third-order valence-electron chi connectivity index (χ3n) is 11.5. The molecule has 7 nitrogen and oxygen atoms in total. The number of aliphatic hydroxyl groups is 1. The van der Waals surface area contributed by atoms with Gasteiger partial charge in [-0.15, -0.1) is 0 Å². The molecule has 0 aromatic carbocycles. The SMILES string of the molecule is C=C(/C=C\C(=O)OC)[C@H]1CC[C@]2(O)[C@@H]3CC[C@@H]4C[C@@H](OC(=O)N5CCNCC5)CC[C@]4(C)[C@H]3CC[C@]12C. The van der Waals surface area contributed by atoms with Crippen LogP contribution in [0.15, 0.2) is 24.3 Å². The molecule has 0 aromatic heterocycles. The fraction of sp³-hybridized carbons (Fsp3) is 0.800. The number of methoxy groups -OCH3 is 1. The topological polar surface area (TPSA) is 88.1 Å². The molecule has 206 valence electrons. The normalized spacial score (nSPS) is 43.5. The number of fused-ring (bicyclic) bond motifs is 5. The monoisotopic (exact) mass is 514 g/mol. The Morgan fingerprint density at radius 3 is 2.49 bits per heavy atom. The van der Waals surface area contributed by atoms with E-state index in [-0.39, 0.29) is 40.8 Å². The average molecular weight is 515 g/mol. The van der Waals surface area contributed by atoms with Crippen LogP contribution >= 0.6 is 0 Å². The third-order valence-corrected chi connectivity index (χ3v) is 11.5. The average Bonchev–Trinajstić information content (AvgIpc) is 3.18. The van der Waals surface area contributed by atoms with Crippen LogP contribution in [-0.4, -0.2) is 67.1 Å². The zero-order chi connectivity index (χ0) is 26.4. The van der Waals surface area contributed by atoms with Gasteiger partial charge in [0.15, 0.2) is 0 Å². The summed E-state index contributed by atoms with van der Waals surface area (Å²) in [5, 5.41) is 15.7. The van der Waals surface area contributed by atoms with Crippen molar-refractivity contribution in [2.45, 2.75) is 83.3 Å². The second kappa shape index (κ2) is 10.0. The van der Waals surface area contributed by atoms with Crippen LogP contribution in [0, 0.1) is 34.5 Å². The second-order valence-electron chi connectivity index (χ2n) is 12.9. The molecule has 4 saturated carbocycles. The van der Waals surface area contributed by atoms with Crippen molar-refractivity contribution in [3.05, 3.63) is 24.3 Å². The second-order valence-corrected chi connectivity index (χ2v) is 12.9. The number of carbonyl (C=O) groups is 2. The number of carbonyl (C=O) groups excluding carboxylic acids is 2. The summed E-state index contributed by atoms with van der Waals surface area (Å²) in [6, 6.07) is 0. The molecular formula is C30H46N2O5. The van der Waals surface area contributed by atoms with E-state index in [1.807, 2.05) is 4.90 Å².